The number of rotatable bonds is 0. The van der Waals surface area contributed by atoms with Gasteiger partial charge in [0.1, 0.15) is 0 Å². The van der Waals surface area contributed by atoms with E-state index >= 15 is 0 Å². The van der Waals surface area contributed by atoms with Gasteiger partial charge in [-0.05, 0) is 5.41 Å². The van der Waals surface area contributed by atoms with Crippen molar-refractivity contribution >= 4 is 23.6 Å². The van der Waals surface area contributed by atoms with Gasteiger partial charge in [-0.25, -0.2) is 0 Å². The normalized spacial score (nSPS) is 19.1. The van der Waals surface area contributed by atoms with Gasteiger partial charge in [0, 0.05) is 6.08 Å². The Labute approximate surface area is 56.5 Å². The molecule has 1 aliphatic rings. The molecule has 0 radical (unpaired) electrons. The molecule has 1 aliphatic heterocycles. The molecule has 0 aromatic rings. The quantitative estimate of drug-likeness (QED) is 0.481. The van der Waals surface area contributed by atoms with Gasteiger partial charge in [0.05, 0.1) is 5.75 Å². The Morgan fingerprint density at radius 1 is 1.56 bits per heavy atom. The fourth-order valence-corrected chi connectivity index (χ4v) is 0.988. The van der Waals surface area contributed by atoms with Gasteiger partial charge in [-0.2, -0.15) is 0 Å². The Morgan fingerprint density at radius 3 is 3.11 bits per heavy atom. The molecule has 0 aromatic carbocycles. The molecule has 0 saturated carbocycles. The first kappa shape index (κ1) is 6.35. The maximum absolute atomic E-state index is 10.5. The van der Waals surface area contributed by atoms with Crippen molar-refractivity contribution in [1.82, 2.24) is 5.32 Å². The van der Waals surface area contributed by atoms with Gasteiger partial charge >= 0.3 is 0 Å². The first-order valence-corrected chi connectivity index (χ1v) is 3.46. The van der Waals surface area contributed by atoms with E-state index in [1.165, 1.54) is 17.8 Å². The zero-order chi connectivity index (χ0) is 6.69. The van der Waals surface area contributed by atoms with E-state index in [0.29, 0.717) is 5.75 Å². The number of nitrogens with one attached hydrogen (secondary N) is 1. The van der Waals surface area contributed by atoms with Crippen LogP contribution in [0.25, 0.3) is 0 Å². The van der Waals surface area contributed by atoms with Crippen LogP contribution < -0.4 is 5.32 Å². The van der Waals surface area contributed by atoms with Crippen molar-refractivity contribution in [3.63, 3.8) is 0 Å². The van der Waals surface area contributed by atoms with E-state index in [-0.39, 0.29) is 11.8 Å². The summed E-state index contributed by atoms with van der Waals surface area (Å²) in [5.41, 5.74) is 0. The average molecular weight is 143 g/mol. The molecule has 0 saturated heterocycles. The maximum atomic E-state index is 10.5. The highest BCUT2D eigenvalue weighted by atomic mass is 32.2. The van der Waals surface area contributed by atoms with Crippen LogP contribution in [-0.2, 0) is 9.59 Å². The summed E-state index contributed by atoms with van der Waals surface area (Å²) in [6.45, 7) is 0. The summed E-state index contributed by atoms with van der Waals surface area (Å²) in [5.74, 6) is -0.220. The van der Waals surface area contributed by atoms with Crippen molar-refractivity contribution in [2.45, 2.75) is 0 Å². The summed E-state index contributed by atoms with van der Waals surface area (Å²) in [4.78, 5) is 21.0. The van der Waals surface area contributed by atoms with Gasteiger partial charge in [-0.1, -0.05) is 0 Å². The second-order valence-electron chi connectivity index (χ2n) is 1.53. The summed E-state index contributed by atoms with van der Waals surface area (Å²) in [6, 6.07) is 0. The highest BCUT2D eigenvalue weighted by Gasteiger charge is 2.06. The van der Waals surface area contributed by atoms with Crippen LogP contribution in [0.5, 0.6) is 0 Å². The molecule has 4 heteroatoms. The second kappa shape index (κ2) is 2.68. The van der Waals surface area contributed by atoms with Gasteiger partial charge in [-0.15, -0.1) is 11.8 Å². The van der Waals surface area contributed by atoms with E-state index in [0.717, 1.165) is 0 Å². The Kier molecular flexibility index (Phi) is 1.89. The minimum atomic E-state index is -0.329. The molecule has 0 aromatic heterocycles. The minimum Gasteiger partial charge on any atom is -0.292 e. The number of carbonyl (C=O) groups excluding carboxylic acids is 2. The van der Waals surface area contributed by atoms with Crippen LogP contribution in [0.1, 0.15) is 0 Å². The fraction of sp³-hybridized carbons (Fsp3) is 0.200. The van der Waals surface area contributed by atoms with Crippen molar-refractivity contribution in [2.75, 3.05) is 5.75 Å². The molecule has 2 amide bonds. The van der Waals surface area contributed by atoms with Crippen LogP contribution in [0.2, 0.25) is 0 Å². The highest BCUT2D eigenvalue weighted by Crippen LogP contribution is 2.03. The number of hydrogen-bond donors (Lipinski definition) is 1. The van der Waals surface area contributed by atoms with E-state index in [4.69, 9.17) is 0 Å². The summed E-state index contributed by atoms with van der Waals surface area (Å²) in [5, 5.41) is 3.77. The lowest BCUT2D eigenvalue weighted by atomic mass is 10.5. The van der Waals surface area contributed by atoms with Gasteiger partial charge < -0.3 is 0 Å². The molecule has 48 valence electrons. The van der Waals surface area contributed by atoms with Gasteiger partial charge in [0.25, 0.3) is 5.91 Å². The molecule has 0 unspecified atom stereocenters. The van der Waals surface area contributed by atoms with Crippen molar-refractivity contribution in [3.05, 3.63) is 11.5 Å². The molecule has 1 heterocycles. The highest BCUT2D eigenvalue weighted by molar-refractivity contribution is 8.02. The summed E-state index contributed by atoms with van der Waals surface area (Å²) in [6.07, 6.45) is 1.34. The van der Waals surface area contributed by atoms with Gasteiger partial charge in [0.15, 0.2) is 0 Å². The number of thioether (sulfide) groups is 1. The van der Waals surface area contributed by atoms with Gasteiger partial charge in [0.2, 0.25) is 5.91 Å². The predicted molar refractivity (Wildman–Crippen MR) is 34.7 cm³/mol. The molecule has 1 N–H and O–H groups in total. The van der Waals surface area contributed by atoms with Crippen LogP contribution in [0.3, 0.4) is 0 Å². The molecule has 3 nitrogen and oxygen atoms in total. The molecular formula is C5H5NO2S. The molecule has 0 aliphatic carbocycles. The number of imide groups is 1. The summed E-state index contributed by atoms with van der Waals surface area (Å²) < 4.78 is 0. The third-order valence-corrected chi connectivity index (χ3v) is 1.55. The Balaban J connectivity index is 2.61. The lowest BCUT2D eigenvalue weighted by Crippen LogP contribution is -2.28. The van der Waals surface area contributed by atoms with E-state index in [1.54, 1.807) is 5.41 Å². The molecule has 9 heavy (non-hydrogen) atoms. The first-order valence-electron chi connectivity index (χ1n) is 2.41. The average Bonchev–Trinajstić information content (AvgIpc) is 1.93. The largest absolute Gasteiger partial charge is 0.292 e. The van der Waals surface area contributed by atoms with E-state index in [2.05, 4.69) is 5.32 Å². The Morgan fingerprint density at radius 2 is 2.33 bits per heavy atom. The minimum absolute atomic E-state index is 0.227. The smallest absolute Gasteiger partial charge is 0.251 e. The monoisotopic (exact) mass is 143 g/mol. The van der Waals surface area contributed by atoms with E-state index in [1.807, 2.05) is 0 Å². The van der Waals surface area contributed by atoms with Crippen molar-refractivity contribution < 1.29 is 9.59 Å². The zero-order valence-corrected chi connectivity index (χ0v) is 5.40. The summed E-state index contributed by atoms with van der Waals surface area (Å²) >= 11 is 1.31. The molecular weight excluding hydrogens is 138 g/mol. The molecule has 0 spiro atoms. The number of amides is 2. The predicted octanol–water partition coefficient (Wildman–Crippen LogP) is -0.110. The molecule has 0 bridgehead atoms. The van der Waals surface area contributed by atoms with Crippen molar-refractivity contribution in [1.29, 1.82) is 0 Å². The third kappa shape index (κ3) is 1.89. The van der Waals surface area contributed by atoms with E-state index < -0.39 is 0 Å². The SMILES string of the molecule is O=C1C=CSCC(=O)N1. The van der Waals surface area contributed by atoms with Crippen molar-refractivity contribution in [3.8, 4) is 0 Å². The van der Waals surface area contributed by atoms with Crippen LogP contribution in [0.15, 0.2) is 11.5 Å². The van der Waals surface area contributed by atoms with Gasteiger partial charge in [-0.3, -0.25) is 14.9 Å². The molecule has 1 rings (SSSR count). The first-order chi connectivity index (χ1) is 4.29. The lowest BCUT2D eigenvalue weighted by Gasteiger charge is -1.91. The van der Waals surface area contributed by atoms with Crippen LogP contribution >= 0.6 is 11.8 Å². The molecule has 0 fully saturated rings. The van der Waals surface area contributed by atoms with Crippen LogP contribution in [0.4, 0.5) is 0 Å². The topological polar surface area (TPSA) is 46.2 Å². The zero-order valence-electron chi connectivity index (χ0n) is 4.59. The standard InChI is InChI=1S/C5H5NO2S/c7-4-1-2-9-3-5(8)6-4/h1-2H,3H2,(H,6,7,8). The lowest BCUT2D eigenvalue weighted by molar-refractivity contribution is -0.126. The third-order valence-electron chi connectivity index (χ3n) is 0.793. The van der Waals surface area contributed by atoms with Crippen LogP contribution in [-0.4, -0.2) is 17.6 Å². The Bertz CT molecular complexity index is 176. The van der Waals surface area contributed by atoms with Crippen molar-refractivity contribution in [2.24, 2.45) is 0 Å². The Hall–Kier alpha value is -0.770. The summed E-state index contributed by atoms with van der Waals surface area (Å²) in [7, 11) is 0. The fourth-order valence-electron chi connectivity index (χ4n) is 0.449. The number of hydrogen-bond acceptors (Lipinski definition) is 3. The van der Waals surface area contributed by atoms with Crippen LogP contribution in [0, 0.1) is 0 Å². The van der Waals surface area contributed by atoms with E-state index in [9.17, 15) is 9.59 Å². The molecule has 0 atom stereocenters. The second-order valence-corrected chi connectivity index (χ2v) is 2.42. The number of carbonyl (C=O) groups is 2. The maximum Gasteiger partial charge on any atom is 0.251 e.